The molecule has 0 amide bonds. The number of fused-ring (bicyclic) bond motifs is 5. The van der Waals surface area contributed by atoms with Crippen LogP contribution in [-0.4, -0.2) is 22.8 Å². The van der Waals surface area contributed by atoms with Crippen LogP contribution < -0.4 is 20.7 Å². The number of nitrogens with one attached hydrogen (secondary N) is 3. The van der Waals surface area contributed by atoms with E-state index in [1.165, 1.54) is 16.5 Å². The van der Waals surface area contributed by atoms with E-state index in [0.717, 1.165) is 76.2 Å². The van der Waals surface area contributed by atoms with Gasteiger partial charge in [-0.3, -0.25) is 5.32 Å². The highest BCUT2D eigenvalue weighted by atomic mass is 16.5. The molecule has 2 aliphatic heterocycles. The fourth-order valence-electron chi connectivity index (χ4n) is 7.16. The lowest BCUT2D eigenvalue weighted by Gasteiger charge is -2.33. The van der Waals surface area contributed by atoms with Gasteiger partial charge in [0.1, 0.15) is 18.2 Å². The molecule has 3 N–H and O–H groups in total. The first-order chi connectivity index (χ1) is 22.8. The van der Waals surface area contributed by atoms with E-state index in [1.54, 1.807) is 0 Å². The van der Waals surface area contributed by atoms with Gasteiger partial charge in [0.05, 0.1) is 22.1 Å². The number of rotatable bonds is 5. The maximum Gasteiger partial charge on any atom is 0.192 e. The summed E-state index contributed by atoms with van der Waals surface area (Å²) in [7, 11) is 0. The van der Waals surface area contributed by atoms with Gasteiger partial charge in [0.15, 0.2) is 12.0 Å². The first-order valence-electron chi connectivity index (χ1n) is 16.3. The molecule has 0 bridgehead atoms. The minimum atomic E-state index is -0.162. The molecule has 4 aliphatic rings. The summed E-state index contributed by atoms with van der Waals surface area (Å²) in [6, 6.07) is 32.2. The first kappa shape index (κ1) is 27.0. The van der Waals surface area contributed by atoms with Gasteiger partial charge >= 0.3 is 0 Å². The van der Waals surface area contributed by atoms with Gasteiger partial charge in [-0.2, -0.15) is 0 Å². The van der Waals surface area contributed by atoms with Gasteiger partial charge in [0.2, 0.25) is 0 Å². The van der Waals surface area contributed by atoms with Gasteiger partial charge in [-0.15, -0.1) is 0 Å². The Morgan fingerprint density at radius 3 is 2.59 bits per heavy atom. The summed E-state index contributed by atoms with van der Waals surface area (Å²) >= 11 is 0. The molecule has 2 aliphatic carbocycles. The average Bonchev–Trinajstić information content (AvgIpc) is 3.72. The Bertz CT molecular complexity index is 2130. The predicted octanol–water partition coefficient (Wildman–Crippen LogP) is 8.43. The molecule has 0 spiro atoms. The standard InChI is InChI=1S/C40H35N5O/c1-4-13-26(14-5-1)37-42-38(27-15-6-2-7-16-27)44-39(43-37)29-19-12-20-30(25-29)45-33-22-11-10-21-31(33)35-34(45)24-23-32-36(35)46-40(41-32)28-17-8-3-9-18-28/h1,3-6,8,10-17,19-25,37-38,40-42H,2,7,9,18H2,(H,43,44). The summed E-state index contributed by atoms with van der Waals surface area (Å²) in [5, 5.41) is 13.4. The van der Waals surface area contributed by atoms with Crippen molar-refractivity contribution in [2.45, 2.75) is 44.2 Å². The Morgan fingerprint density at radius 1 is 0.804 bits per heavy atom. The van der Waals surface area contributed by atoms with Crippen molar-refractivity contribution < 1.29 is 4.74 Å². The fourth-order valence-corrected chi connectivity index (χ4v) is 7.16. The van der Waals surface area contributed by atoms with E-state index < -0.39 is 0 Å². The van der Waals surface area contributed by atoms with Crippen molar-refractivity contribution in [1.82, 2.24) is 15.2 Å². The van der Waals surface area contributed by atoms with E-state index in [4.69, 9.17) is 9.73 Å². The van der Waals surface area contributed by atoms with Crippen LogP contribution in [-0.2, 0) is 0 Å². The Hall–Kier alpha value is -5.33. The largest absolute Gasteiger partial charge is 0.464 e. The van der Waals surface area contributed by atoms with Crippen LogP contribution in [0.5, 0.6) is 5.75 Å². The molecule has 3 unspecified atom stereocenters. The molecule has 9 rings (SSSR count). The van der Waals surface area contributed by atoms with Crippen molar-refractivity contribution in [1.29, 1.82) is 0 Å². The van der Waals surface area contributed by atoms with Gasteiger partial charge in [0.25, 0.3) is 0 Å². The number of ether oxygens (including phenoxy) is 1. The van der Waals surface area contributed by atoms with Crippen LogP contribution in [0.4, 0.5) is 5.69 Å². The zero-order valence-corrected chi connectivity index (χ0v) is 25.5. The lowest BCUT2D eigenvalue weighted by atomic mass is 10.0. The number of aromatic nitrogens is 1. The molecule has 226 valence electrons. The molecule has 46 heavy (non-hydrogen) atoms. The van der Waals surface area contributed by atoms with Crippen LogP contribution in [0, 0.1) is 0 Å². The Kier molecular flexibility index (Phi) is 6.60. The topological polar surface area (TPSA) is 62.6 Å². The number of benzene rings is 4. The quantitative estimate of drug-likeness (QED) is 0.189. The average molecular weight is 602 g/mol. The van der Waals surface area contributed by atoms with E-state index in [9.17, 15) is 0 Å². The molecule has 0 fully saturated rings. The summed E-state index contributed by atoms with van der Waals surface area (Å²) in [4.78, 5) is 5.21. The van der Waals surface area contributed by atoms with Crippen LogP contribution >= 0.6 is 0 Å². The van der Waals surface area contributed by atoms with Crippen molar-refractivity contribution in [3.05, 3.63) is 150 Å². The molecule has 4 aromatic carbocycles. The first-order valence-corrected chi connectivity index (χ1v) is 16.3. The molecule has 1 aromatic heterocycles. The Morgan fingerprint density at radius 2 is 1.72 bits per heavy atom. The molecule has 3 atom stereocenters. The molecule has 6 nitrogen and oxygen atoms in total. The summed E-state index contributed by atoms with van der Waals surface area (Å²) in [6.45, 7) is 0. The van der Waals surface area contributed by atoms with Crippen molar-refractivity contribution in [3.8, 4) is 11.4 Å². The molecular weight excluding hydrogens is 566 g/mol. The van der Waals surface area contributed by atoms with Crippen molar-refractivity contribution >= 4 is 33.3 Å². The van der Waals surface area contributed by atoms with Gasteiger partial charge in [0, 0.05) is 16.6 Å². The molecular formula is C40H35N5O. The normalized spacial score (nSPS) is 22.0. The second-order valence-corrected chi connectivity index (χ2v) is 12.3. The number of allylic oxidation sites excluding steroid dienone is 5. The third kappa shape index (κ3) is 4.65. The minimum Gasteiger partial charge on any atom is -0.464 e. The van der Waals surface area contributed by atoms with E-state index in [0.29, 0.717) is 0 Å². The van der Waals surface area contributed by atoms with Crippen molar-refractivity contribution in [2.24, 2.45) is 4.99 Å². The van der Waals surface area contributed by atoms with Gasteiger partial charge in [-0.1, -0.05) is 97.1 Å². The third-order valence-electron chi connectivity index (χ3n) is 9.41. The molecule has 0 radical (unpaired) electrons. The van der Waals surface area contributed by atoms with Crippen LogP contribution in [0.1, 0.15) is 43.0 Å². The number of aliphatic imine (C=N–C) groups is 1. The second kappa shape index (κ2) is 11.2. The van der Waals surface area contributed by atoms with E-state index in [2.05, 4.69) is 148 Å². The highest BCUT2D eigenvalue weighted by Crippen LogP contribution is 2.46. The summed E-state index contributed by atoms with van der Waals surface area (Å²) in [5.74, 6) is 1.81. The van der Waals surface area contributed by atoms with Crippen LogP contribution in [0.3, 0.4) is 0 Å². The lowest BCUT2D eigenvalue weighted by molar-refractivity contribution is 0.287. The van der Waals surface area contributed by atoms with Gasteiger partial charge < -0.3 is 19.9 Å². The predicted molar refractivity (Wildman–Crippen MR) is 188 cm³/mol. The zero-order chi connectivity index (χ0) is 30.5. The summed E-state index contributed by atoms with van der Waals surface area (Å²) in [5.41, 5.74) is 9.12. The summed E-state index contributed by atoms with van der Waals surface area (Å²) < 4.78 is 9.04. The van der Waals surface area contributed by atoms with E-state index >= 15 is 0 Å². The van der Waals surface area contributed by atoms with Gasteiger partial charge in [-0.25, -0.2) is 4.99 Å². The molecule has 0 saturated heterocycles. The maximum atomic E-state index is 6.69. The fraction of sp³-hybridized carbons (Fsp3) is 0.175. The van der Waals surface area contributed by atoms with Crippen molar-refractivity contribution in [3.63, 3.8) is 0 Å². The maximum absolute atomic E-state index is 6.69. The highest BCUT2D eigenvalue weighted by Gasteiger charge is 2.30. The Labute approximate surface area is 268 Å². The van der Waals surface area contributed by atoms with E-state index in [-0.39, 0.29) is 18.6 Å². The smallest absolute Gasteiger partial charge is 0.192 e. The number of amidine groups is 1. The monoisotopic (exact) mass is 601 g/mol. The highest BCUT2D eigenvalue weighted by molar-refractivity contribution is 6.14. The second-order valence-electron chi connectivity index (χ2n) is 12.3. The molecule has 0 saturated carbocycles. The molecule has 5 aromatic rings. The van der Waals surface area contributed by atoms with Crippen molar-refractivity contribution in [2.75, 3.05) is 5.32 Å². The number of hydrogen-bond donors (Lipinski definition) is 3. The third-order valence-corrected chi connectivity index (χ3v) is 9.41. The number of nitrogens with zero attached hydrogens (tertiary/aromatic N) is 2. The Balaban J connectivity index is 1.14. The van der Waals surface area contributed by atoms with Crippen LogP contribution in [0.15, 0.2) is 144 Å². The number of para-hydroxylation sites is 1. The molecule has 3 heterocycles. The van der Waals surface area contributed by atoms with Crippen LogP contribution in [0.25, 0.3) is 27.5 Å². The zero-order valence-electron chi connectivity index (χ0n) is 25.5. The van der Waals surface area contributed by atoms with Crippen LogP contribution in [0.2, 0.25) is 0 Å². The van der Waals surface area contributed by atoms with E-state index in [1.807, 2.05) is 0 Å². The minimum absolute atomic E-state index is 0.0406. The number of hydrogen-bond acceptors (Lipinski definition) is 5. The lowest BCUT2D eigenvalue weighted by Crippen LogP contribution is -2.52. The number of anilines is 1. The summed E-state index contributed by atoms with van der Waals surface area (Å²) in [6.07, 6.45) is 17.2. The van der Waals surface area contributed by atoms with Gasteiger partial charge in [-0.05, 0) is 72.7 Å². The SMILES string of the molecule is C1=CCCC(C2Nc3ccc4c(c3O2)c2ccccc2n4-c2cccc(C3=NC(c4ccccc4)NC(C4=CCCC=C4)N3)c2)=C1. The molecule has 6 heteroatoms.